The van der Waals surface area contributed by atoms with Crippen molar-refractivity contribution >= 4 is 11.5 Å². The Labute approximate surface area is 118 Å². The van der Waals surface area contributed by atoms with Crippen molar-refractivity contribution < 1.29 is 9.18 Å². The van der Waals surface area contributed by atoms with Gasteiger partial charge in [0.25, 0.3) is 0 Å². The molecule has 104 valence electrons. The molecule has 2 aromatic carbocycles. The van der Waals surface area contributed by atoms with E-state index in [0.717, 1.165) is 19.3 Å². The highest BCUT2D eigenvalue weighted by atomic mass is 19.1. The first-order valence-corrected chi connectivity index (χ1v) is 6.80. The van der Waals surface area contributed by atoms with E-state index in [1.807, 2.05) is 12.1 Å². The van der Waals surface area contributed by atoms with E-state index in [1.54, 1.807) is 12.1 Å². The third kappa shape index (κ3) is 3.23. The lowest BCUT2D eigenvalue weighted by Crippen LogP contribution is -2.05. The number of hydrogen-bond acceptors (Lipinski definition) is 2. The summed E-state index contributed by atoms with van der Waals surface area (Å²) >= 11 is 0. The molecule has 0 amide bonds. The van der Waals surface area contributed by atoms with Crippen LogP contribution in [0, 0.1) is 5.82 Å². The molecule has 20 heavy (non-hydrogen) atoms. The van der Waals surface area contributed by atoms with Gasteiger partial charge in [0.2, 0.25) is 0 Å². The summed E-state index contributed by atoms with van der Waals surface area (Å²) in [6.45, 7) is 2.14. The minimum absolute atomic E-state index is 0.0197. The Morgan fingerprint density at radius 1 is 1.15 bits per heavy atom. The number of nitrogen functional groups attached to an aromatic ring is 1. The van der Waals surface area contributed by atoms with Crippen LogP contribution in [0.2, 0.25) is 0 Å². The van der Waals surface area contributed by atoms with E-state index in [9.17, 15) is 9.18 Å². The molecule has 0 saturated heterocycles. The van der Waals surface area contributed by atoms with Crippen molar-refractivity contribution in [2.24, 2.45) is 0 Å². The van der Waals surface area contributed by atoms with Crippen LogP contribution in [0.25, 0.3) is 0 Å². The molecule has 0 aliphatic heterocycles. The zero-order valence-electron chi connectivity index (χ0n) is 11.5. The third-order valence-corrected chi connectivity index (χ3v) is 3.27. The molecular formula is C17H18FNO. The highest BCUT2D eigenvalue weighted by Crippen LogP contribution is 2.17. The molecule has 0 aliphatic rings. The van der Waals surface area contributed by atoms with Crippen molar-refractivity contribution in [3.63, 3.8) is 0 Å². The number of anilines is 1. The second-order valence-electron chi connectivity index (χ2n) is 4.87. The number of carbonyl (C=O) groups excluding carboxylic acids is 1. The number of halogens is 1. The van der Waals surface area contributed by atoms with Gasteiger partial charge in [0, 0.05) is 11.3 Å². The first-order valence-electron chi connectivity index (χ1n) is 6.80. The molecule has 0 unspecified atom stereocenters. The van der Waals surface area contributed by atoms with Crippen molar-refractivity contribution in [2.45, 2.75) is 26.2 Å². The van der Waals surface area contributed by atoms with Crippen molar-refractivity contribution in [3.05, 3.63) is 65.0 Å². The van der Waals surface area contributed by atoms with Gasteiger partial charge in [0.05, 0.1) is 5.56 Å². The van der Waals surface area contributed by atoms with E-state index < -0.39 is 5.82 Å². The number of hydrogen-bond donors (Lipinski definition) is 1. The van der Waals surface area contributed by atoms with Gasteiger partial charge in [-0.3, -0.25) is 4.79 Å². The first kappa shape index (κ1) is 14.3. The predicted octanol–water partition coefficient (Wildman–Crippen LogP) is 3.98. The Balaban J connectivity index is 2.22. The summed E-state index contributed by atoms with van der Waals surface area (Å²) in [7, 11) is 0. The molecule has 2 N–H and O–H groups in total. The van der Waals surface area contributed by atoms with Gasteiger partial charge in [0.15, 0.2) is 5.78 Å². The molecule has 3 heteroatoms. The summed E-state index contributed by atoms with van der Waals surface area (Å²) in [5, 5.41) is 0. The van der Waals surface area contributed by atoms with Crippen LogP contribution in [0.3, 0.4) is 0 Å². The third-order valence-electron chi connectivity index (χ3n) is 3.27. The number of ketones is 1. The molecular weight excluding hydrogens is 253 g/mol. The Hall–Kier alpha value is -2.16. The van der Waals surface area contributed by atoms with Crippen molar-refractivity contribution in [2.75, 3.05) is 5.73 Å². The normalized spacial score (nSPS) is 10.5. The zero-order chi connectivity index (χ0) is 14.5. The molecule has 2 aromatic rings. The van der Waals surface area contributed by atoms with E-state index in [-0.39, 0.29) is 11.3 Å². The summed E-state index contributed by atoms with van der Waals surface area (Å²) in [6.07, 6.45) is 3.25. The second-order valence-corrected chi connectivity index (χ2v) is 4.87. The van der Waals surface area contributed by atoms with Gasteiger partial charge < -0.3 is 5.73 Å². The average molecular weight is 271 g/mol. The van der Waals surface area contributed by atoms with E-state index >= 15 is 0 Å². The highest BCUT2D eigenvalue weighted by molar-refractivity contribution is 6.09. The fraction of sp³-hybridized carbons (Fsp3) is 0.235. The summed E-state index contributed by atoms with van der Waals surface area (Å²) in [5.41, 5.74) is 7.68. The Bertz CT molecular complexity index is 605. The largest absolute Gasteiger partial charge is 0.399 e. The van der Waals surface area contributed by atoms with Crippen LogP contribution in [-0.4, -0.2) is 5.78 Å². The minimum Gasteiger partial charge on any atom is -0.399 e. The minimum atomic E-state index is -0.542. The topological polar surface area (TPSA) is 43.1 Å². The van der Waals surface area contributed by atoms with Crippen LogP contribution < -0.4 is 5.73 Å². The maximum atomic E-state index is 13.7. The van der Waals surface area contributed by atoms with E-state index in [2.05, 4.69) is 6.92 Å². The first-order chi connectivity index (χ1) is 9.61. The van der Waals surface area contributed by atoms with Gasteiger partial charge in [-0.1, -0.05) is 37.6 Å². The zero-order valence-corrected chi connectivity index (χ0v) is 11.5. The molecule has 0 radical (unpaired) electrons. The number of carbonyl (C=O) groups is 1. The van der Waals surface area contributed by atoms with Crippen molar-refractivity contribution in [1.29, 1.82) is 0 Å². The van der Waals surface area contributed by atoms with Crippen molar-refractivity contribution in [3.8, 4) is 0 Å². The van der Waals surface area contributed by atoms with Gasteiger partial charge in [0.1, 0.15) is 5.82 Å². The van der Waals surface area contributed by atoms with E-state index in [0.29, 0.717) is 11.3 Å². The van der Waals surface area contributed by atoms with Crippen LogP contribution in [-0.2, 0) is 6.42 Å². The molecule has 0 atom stereocenters. The van der Waals surface area contributed by atoms with Crippen molar-refractivity contribution in [1.82, 2.24) is 0 Å². The highest BCUT2D eigenvalue weighted by Gasteiger charge is 2.14. The molecule has 2 nitrogen and oxygen atoms in total. The smallest absolute Gasteiger partial charge is 0.196 e. The molecule has 0 aliphatic carbocycles. The summed E-state index contributed by atoms with van der Waals surface area (Å²) in [5.74, 6) is -0.879. The number of benzene rings is 2. The summed E-state index contributed by atoms with van der Waals surface area (Å²) in [6, 6.07) is 11.4. The number of aryl methyl sites for hydroxylation is 1. The lowest BCUT2D eigenvalue weighted by atomic mass is 10.00. The second kappa shape index (κ2) is 6.33. The van der Waals surface area contributed by atoms with Gasteiger partial charge in [-0.2, -0.15) is 0 Å². The lowest BCUT2D eigenvalue weighted by molar-refractivity contribution is 0.103. The predicted molar refractivity (Wildman–Crippen MR) is 79.3 cm³/mol. The van der Waals surface area contributed by atoms with Crippen LogP contribution in [0.15, 0.2) is 42.5 Å². The number of nitrogens with two attached hydrogens (primary N) is 1. The maximum absolute atomic E-state index is 13.7. The fourth-order valence-corrected chi connectivity index (χ4v) is 2.08. The molecule has 0 bridgehead atoms. The summed E-state index contributed by atoms with van der Waals surface area (Å²) < 4.78 is 13.7. The maximum Gasteiger partial charge on any atom is 0.196 e. The molecule has 0 fully saturated rings. The molecule has 0 spiro atoms. The molecule has 0 heterocycles. The monoisotopic (exact) mass is 271 g/mol. The van der Waals surface area contributed by atoms with Gasteiger partial charge in [-0.25, -0.2) is 4.39 Å². The number of rotatable bonds is 5. The van der Waals surface area contributed by atoms with Gasteiger partial charge >= 0.3 is 0 Å². The molecule has 2 rings (SSSR count). The van der Waals surface area contributed by atoms with Crippen LogP contribution in [0.1, 0.15) is 41.3 Å². The van der Waals surface area contributed by atoms with Crippen LogP contribution >= 0.6 is 0 Å². The SMILES string of the molecule is CCCCc1ccc(C(=O)c2cc(N)ccc2F)cc1. The Kier molecular flexibility index (Phi) is 4.51. The quantitative estimate of drug-likeness (QED) is 0.660. The fourth-order valence-electron chi connectivity index (χ4n) is 2.08. The Morgan fingerprint density at radius 3 is 2.50 bits per heavy atom. The lowest BCUT2D eigenvalue weighted by Gasteiger charge is -2.05. The Morgan fingerprint density at radius 2 is 1.85 bits per heavy atom. The van der Waals surface area contributed by atoms with Gasteiger partial charge in [-0.05, 0) is 36.6 Å². The molecule has 0 aromatic heterocycles. The average Bonchev–Trinajstić information content (AvgIpc) is 2.47. The van der Waals surface area contributed by atoms with Gasteiger partial charge in [-0.15, -0.1) is 0 Å². The number of unbranched alkanes of at least 4 members (excludes halogenated alkanes) is 1. The standard InChI is InChI=1S/C17H18FNO/c1-2-3-4-12-5-7-13(8-6-12)17(20)15-11-14(19)9-10-16(15)18/h5-11H,2-4,19H2,1H3. The van der Waals surface area contributed by atoms with E-state index in [4.69, 9.17) is 5.73 Å². The van der Waals surface area contributed by atoms with Crippen LogP contribution in [0.5, 0.6) is 0 Å². The molecule has 0 saturated carbocycles. The van der Waals surface area contributed by atoms with Crippen LogP contribution in [0.4, 0.5) is 10.1 Å². The summed E-state index contributed by atoms with van der Waals surface area (Å²) in [4.78, 5) is 12.2. The van der Waals surface area contributed by atoms with E-state index in [1.165, 1.54) is 23.8 Å².